The number of benzene rings is 1. The van der Waals surface area contributed by atoms with Crippen molar-refractivity contribution in [1.82, 2.24) is 4.90 Å². The Morgan fingerprint density at radius 1 is 1.11 bits per heavy atom. The Morgan fingerprint density at radius 3 is 2.41 bits per heavy atom. The number of anilines is 1. The smallest absolute Gasteiger partial charge is 0.410 e. The van der Waals surface area contributed by atoms with Crippen LogP contribution >= 0.6 is 0 Å². The Hall–Kier alpha value is -2.76. The first kappa shape index (κ1) is 20.6. The molecule has 1 heterocycles. The van der Waals surface area contributed by atoms with Crippen molar-refractivity contribution in [3.63, 3.8) is 0 Å². The molecule has 0 aliphatic rings. The Bertz CT molecular complexity index is 789. The summed E-state index contributed by atoms with van der Waals surface area (Å²) in [5, 5.41) is 2.87. The Balaban J connectivity index is 2.14. The minimum absolute atomic E-state index is 0.265. The van der Waals surface area contributed by atoms with E-state index in [-0.39, 0.29) is 17.8 Å². The molecule has 1 N–H and O–H groups in total. The summed E-state index contributed by atoms with van der Waals surface area (Å²) in [5.41, 5.74) is 0.897. The third-order valence-electron chi connectivity index (χ3n) is 3.89. The van der Waals surface area contributed by atoms with Crippen molar-refractivity contribution in [2.75, 3.05) is 11.9 Å². The fourth-order valence-electron chi connectivity index (χ4n) is 2.49. The van der Waals surface area contributed by atoms with E-state index >= 15 is 0 Å². The monoisotopic (exact) mass is 372 g/mol. The first-order valence-electron chi connectivity index (χ1n) is 9.19. The third kappa shape index (κ3) is 5.88. The van der Waals surface area contributed by atoms with Crippen molar-refractivity contribution >= 4 is 17.7 Å². The number of hydrogen-bond donors (Lipinski definition) is 1. The topological polar surface area (TPSA) is 71.8 Å². The molecule has 0 unspecified atom stereocenters. The summed E-state index contributed by atoms with van der Waals surface area (Å²) < 4.78 is 11.0. The maximum Gasteiger partial charge on any atom is 0.410 e. The zero-order chi connectivity index (χ0) is 20.0. The van der Waals surface area contributed by atoms with Gasteiger partial charge in [0.1, 0.15) is 11.4 Å². The predicted octanol–water partition coefficient (Wildman–Crippen LogP) is 4.85. The van der Waals surface area contributed by atoms with E-state index in [1.807, 2.05) is 52.8 Å². The van der Waals surface area contributed by atoms with Gasteiger partial charge in [0.15, 0.2) is 5.76 Å². The van der Waals surface area contributed by atoms with Gasteiger partial charge in [-0.3, -0.25) is 4.79 Å². The third-order valence-corrected chi connectivity index (χ3v) is 3.89. The molecule has 0 radical (unpaired) electrons. The Kier molecular flexibility index (Phi) is 6.66. The molecule has 2 aromatic rings. The maximum atomic E-state index is 12.5. The summed E-state index contributed by atoms with van der Waals surface area (Å²) in [6, 6.07) is 10.8. The largest absolute Gasteiger partial charge is 0.456 e. The summed E-state index contributed by atoms with van der Waals surface area (Å²) in [6.45, 7) is 10.2. The molecule has 0 fully saturated rings. The molecular weight excluding hydrogens is 344 g/mol. The second-order valence-electron chi connectivity index (χ2n) is 7.23. The number of nitrogens with zero attached hydrogens (tertiary/aromatic N) is 1. The Morgan fingerprint density at radius 2 is 1.81 bits per heavy atom. The van der Waals surface area contributed by atoms with E-state index < -0.39 is 5.60 Å². The van der Waals surface area contributed by atoms with E-state index in [0.717, 1.165) is 17.7 Å². The molecule has 6 heteroatoms. The fourth-order valence-corrected chi connectivity index (χ4v) is 2.49. The zero-order valence-electron chi connectivity index (χ0n) is 16.7. The van der Waals surface area contributed by atoms with Crippen molar-refractivity contribution < 1.29 is 18.7 Å². The van der Waals surface area contributed by atoms with Crippen molar-refractivity contribution in [2.45, 2.75) is 53.2 Å². The van der Waals surface area contributed by atoms with Gasteiger partial charge in [0.2, 0.25) is 0 Å². The van der Waals surface area contributed by atoms with E-state index in [1.54, 1.807) is 23.1 Å². The van der Waals surface area contributed by atoms with Crippen LogP contribution in [0.4, 0.5) is 10.5 Å². The van der Waals surface area contributed by atoms with Crippen LogP contribution in [-0.4, -0.2) is 29.0 Å². The highest BCUT2D eigenvalue weighted by Gasteiger charge is 2.22. The number of furan rings is 1. The van der Waals surface area contributed by atoms with Crippen LogP contribution in [0.3, 0.4) is 0 Å². The lowest BCUT2D eigenvalue weighted by Gasteiger charge is -2.27. The number of para-hydroxylation sites is 1. The van der Waals surface area contributed by atoms with Gasteiger partial charge >= 0.3 is 6.09 Å². The van der Waals surface area contributed by atoms with Gasteiger partial charge in [-0.25, -0.2) is 4.79 Å². The average molecular weight is 372 g/mol. The predicted molar refractivity (Wildman–Crippen MR) is 105 cm³/mol. The van der Waals surface area contributed by atoms with Crippen LogP contribution < -0.4 is 5.32 Å². The van der Waals surface area contributed by atoms with Crippen LogP contribution in [0, 0.1) is 0 Å². The molecule has 146 valence electrons. The molecule has 0 aliphatic carbocycles. The summed E-state index contributed by atoms with van der Waals surface area (Å²) in [7, 11) is 0. The second kappa shape index (κ2) is 8.75. The quantitative estimate of drug-likeness (QED) is 0.787. The van der Waals surface area contributed by atoms with Crippen LogP contribution in [-0.2, 0) is 17.7 Å². The number of amides is 2. The number of nitrogens with one attached hydrogen (secondary N) is 1. The Labute approximate surface area is 160 Å². The molecule has 6 nitrogen and oxygen atoms in total. The lowest BCUT2D eigenvalue weighted by atomic mass is 10.1. The maximum absolute atomic E-state index is 12.5. The van der Waals surface area contributed by atoms with Crippen molar-refractivity contribution in [2.24, 2.45) is 0 Å². The molecule has 0 aliphatic heterocycles. The molecule has 2 amide bonds. The van der Waals surface area contributed by atoms with Gasteiger partial charge in [0.05, 0.1) is 6.54 Å². The van der Waals surface area contributed by atoms with Crippen LogP contribution in [0.25, 0.3) is 0 Å². The van der Waals surface area contributed by atoms with Crippen LogP contribution in [0.5, 0.6) is 0 Å². The highest BCUT2D eigenvalue weighted by Crippen LogP contribution is 2.20. The van der Waals surface area contributed by atoms with Gasteiger partial charge in [0.25, 0.3) is 5.91 Å². The van der Waals surface area contributed by atoms with E-state index in [0.29, 0.717) is 18.8 Å². The molecule has 0 bridgehead atoms. The second-order valence-corrected chi connectivity index (χ2v) is 7.23. The van der Waals surface area contributed by atoms with Gasteiger partial charge < -0.3 is 19.4 Å². The molecular formula is C21H28N2O4. The number of aryl methyl sites for hydroxylation is 1. The van der Waals surface area contributed by atoms with Gasteiger partial charge in [0, 0.05) is 18.7 Å². The zero-order valence-corrected chi connectivity index (χ0v) is 16.7. The van der Waals surface area contributed by atoms with Crippen LogP contribution in [0.1, 0.15) is 56.5 Å². The lowest BCUT2D eigenvalue weighted by Crippen LogP contribution is -2.36. The number of carbonyl (C=O) groups is 2. The van der Waals surface area contributed by atoms with Gasteiger partial charge in [-0.05, 0) is 51.5 Å². The van der Waals surface area contributed by atoms with Crippen molar-refractivity contribution in [3.8, 4) is 0 Å². The molecule has 0 atom stereocenters. The fraction of sp³-hybridized carbons (Fsp3) is 0.429. The van der Waals surface area contributed by atoms with Crippen LogP contribution in [0.2, 0.25) is 0 Å². The first-order valence-corrected chi connectivity index (χ1v) is 9.19. The van der Waals surface area contributed by atoms with Crippen molar-refractivity contribution in [1.29, 1.82) is 0 Å². The van der Waals surface area contributed by atoms with Gasteiger partial charge in [-0.2, -0.15) is 0 Å². The molecule has 1 aromatic heterocycles. The van der Waals surface area contributed by atoms with Crippen molar-refractivity contribution in [3.05, 3.63) is 53.5 Å². The minimum Gasteiger partial charge on any atom is -0.456 e. The molecule has 27 heavy (non-hydrogen) atoms. The van der Waals surface area contributed by atoms with Gasteiger partial charge in [-0.15, -0.1) is 0 Å². The normalized spacial score (nSPS) is 11.1. The van der Waals surface area contributed by atoms with E-state index in [4.69, 9.17) is 9.15 Å². The number of hydrogen-bond acceptors (Lipinski definition) is 4. The lowest BCUT2D eigenvalue weighted by molar-refractivity contribution is 0.0245. The highest BCUT2D eigenvalue weighted by molar-refractivity contribution is 6.02. The molecule has 0 saturated heterocycles. The number of rotatable bonds is 6. The standard InChI is InChI=1S/C21H28N2O4/c1-6-16-12-13-18(26-16)19(24)22-17-11-9-8-10-15(17)14-23(7-2)20(25)27-21(3,4)5/h8-13H,6-7,14H2,1-5H3,(H,22,24). The highest BCUT2D eigenvalue weighted by atomic mass is 16.6. The summed E-state index contributed by atoms with van der Waals surface area (Å²) >= 11 is 0. The van der Waals surface area contributed by atoms with Gasteiger partial charge in [-0.1, -0.05) is 25.1 Å². The molecule has 2 rings (SSSR count). The van der Waals surface area contributed by atoms with E-state index in [1.165, 1.54) is 0 Å². The van der Waals surface area contributed by atoms with E-state index in [9.17, 15) is 9.59 Å². The summed E-state index contributed by atoms with van der Waals surface area (Å²) in [6.07, 6.45) is 0.343. The SMILES string of the molecule is CCc1ccc(C(=O)Nc2ccccc2CN(CC)C(=O)OC(C)(C)C)o1. The first-order chi connectivity index (χ1) is 12.7. The number of ether oxygens (including phenoxy) is 1. The van der Waals surface area contributed by atoms with E-state index in [2.05, 4.69) is 5.32 Å². The molecule has 0 saturated carbocycles. The average Bonchev–Trinajstić information content (AvgIpc) is 3.08. The molecule has 0 spiro atoms. The summed E-state index contributed by atoms with van der Waals surface area (Å²) in [5.74, 6) is 0.708. The molecule has 1 aromatic carbocycles. The van der Waals surface area contributed by atoms with Crippen LogP contribution in [0.15, 0.2) is 40.8 Å². The summed E-state index contributed by atoms with van der Waals surface area (Å²) in [4.78, 5) is 26.4. The minimum atomic E-state index is -0.561. The number of carbonyl (C=O) groups excluding carboxylic acids is 2.